The molecular weight excluding hydrogens is 440 g/mol. The zero-order valence-electron chi connectivity index (χ0n) is 19.6. The maximum Gasteiger partial charge on any atom is 0.220 e. The maximum atomic E-state index is 12.3. The lowest BCUT2D eigenvalue weighted by Crippen LogP contribution is -2.27. The first-order valence-electron chi connectivity index (χ1n) is 11.0. The van der Waals surface area contributed by atoms with Gasteiger partial charge in [0.25, 0.3) is 0 Å². The quantitative estimate of drug-likeness (QED) is 0.222. The zero-order valence-corrected chi connectivity index (χ0v) is 20.4. The average molecular weight is 473 g/mol. The first kappa shape index (κ1) is 24.8. The number of carbonyl (C=O) groups is 1. The van der Waals surface area contributed by atoms with Gasteiger partial charge in [-0.05, 0) is 24.1 Å². The van der Waals surface area contributed by atoms with Crippen LogP contribution in [0.25, 0.3) is 11.0 Å². The van der Waals surface area contributed by atoms with Crippen molar-refractivity contribution in [2.75, 3.05) is 39.2 Å². The summed E-state index contributed by atoms with van der Waals surface area (Å²) in [5, 5.41) is 12.7. The van der Waals surface area contributed by atoms with E-state index in [0.29, 0.717) is 49.5 Å². The number of thioether (sulfide) groups is 1. The number of ether oxygens (including phenoxy) is 2. The van der Waals surface area contributed by atoms with Crippen LogP contribution in [0.3, 0.4) is 0 Å². The number of hydrogen-bond acceptors (Lipinski definition) is 8. The van der Waals surface area contributed by atoms with Crippen LogP contribution in [0, 0.1) is 0 Å². The van der Waals surface area contributed by atoms with Gasteiger partial charge < -0.3 is 20.1 Å². The van der Waals surface area contributed by atoms with E-state index in [1.54, 1.807) is 32.2 Å². The largest absolute Gasteiger partial charge is 0.497 e. The predicted molar refractivity (Wildman–Crippen MR) is 131 cm³/mol. The summed E-state index contributed by atoms with van der Waals surface area (Å²) < 4.78 is 12.1. The molecular formula is C23H32N6O3S. The molecule has 0 radical (unpaired) electrons. The van der Waals surface area contributed by atoms with E-state index in [9.17, 15) is 4.79 Å². The van der Waals surface area contributed by atoms with Gasteiger partial charge in [0.15, 0.2) is 10.8 Å². The second-order valence-electron chi connectivity index (χ2n) is 7.74. The Balaban J connectivity index is 1.59. The molecule has 2 N–H and O–H groups in total. The number of nitrogens with zero attached hydrogens (tertiary/aromatic N) is 4. The Morgan fingerprint density at radius 2 is 1.94 bits per heavy atom. The molecule has 2 heterocycles. The molecule has 0 unspecified atom stereocenters. The molecule has 0 aliphatic carbocycles. The molecule has 10 heteroatoms. The fourth-order valence-corrected chi connectivity index (χ4v) is 3.91. The molecule has 0 atom stereocenters. The molecule has 3 rings (SSSR count). The Bertz CT molecular complexity index is 1040. The number of amides is 1. The van der Waals surface area contributed by atoms with Crippen molar-refractivity contribution in [1.29, 1.82) is 0 Å². The van der Waals surface area contributed by atoms with E-state index in [1.807, 2.05) is 28.9 Å². The lowest BCUT2D eigenvalue weighted by Gasteiger charge is -2.11. The number of aromatic nitrogens is 4. The summed E-state index contributed by atoms with van der Waals surface area (Å²) in [6, 6.07) is 7.77. The van der Waals surface area contributed by atoms with Gasteiger partial charge in [-0.1, -0.05) is 37.7 Å². The lowest BCUT2D eigenvalue weighted by molar-refractivity contribution is -0.121. The molecule has 0 saturated carbocycles. The normalized spacial score (nSPS) is 11.2. The molecule has 178 valence electrons. The maximum absolute atomic E-state index is 12.3. The molecule has 0 saturated heterocycles. The van der Waals surface area contributed by atoms with Crippen molar-refractivity contribution >= 4 is 34.5 Å². The molecule has 33 heavy (non-hydrogen) atoms. The van der Waals surface area contributed by atoms with Gasteiger partial charge in [-0.3, -0.25) is 4.79 Å². The first-order chi connectivity index (χ1) is 16.0. The van der Waals surface area contributed by atoms with Gasteiger partial charge >= 0.3 is 0 Å². The molecule has 0 spiro atoms. The van der Waals surface area contributed by atoms with E-state index in [2.05, 4.69) is 34.6 Å². The van der Waals surface area contributed by atoms with Crippen LogP contribution in [0.5, 0.6) is 5.75 Å². The van der Waals surface area contributed by atoms with Gasteiger partial charge in [-0.2, -0.15) is 5.10 Å². The van der Waals surface area contributed by atoms with E-state index < -0.39 is 0 Å². The van der Waals surface area contributed by atoms with Crippen LogP contribution in [0.4, 0.5) is 5.82 Å². The van der Waals surface area contributed by atoms with E-state index in [4.69, 9.17) is 14.5 Å². The monoisotopic (exact) mass is 472 g/mol. The fraction of sp³-hybridized carbons (Fsp3) is 0.478. The van der Waals surface area contributed by atoms with Crippen LogP contribution in [-0.2, 0) is 22.5 Å². The molecule has 2 aromatic heterocycles. The summed E-state index contributed by atoms with van der Waals surface area (Å²) in [6.45, 7) is 6.43. The lowest BCUT2D eigenvalue weighted by atomic mass is 10.1. The zero-order chi connectivity index (χ0) is 23.6. The fourth-order valence-electron chi connectivity index (χ4n) is 3.21. The van der Waals surface area contributed by atoms with E-state index in [1.165, 1.54) is 0 Å². The minimum absolute atomic E-state index is 0.00915. The highest BCUT2D eigenvalue weighted by Crippen LogP contribution is 2.26. The Hall–Kier alpha value is -2.85. The summed E-state index contributed by atoms with van der Waals surface area (Å²) in [7, 11) is 3.31. The van der Waals surface area contributed by atoms with Gasteiger partial charge in [0.1, 0.15) is 11.6 Å². The van der Waals surface area contributed by atoms with E-state index >= 15 is 0 Å². The average Bonchev–Trinajstić information content (AvgIpc) is 3.21. The molecule has 0 bridgehead atoms. The predicted octanol–water partition coefficient (Wildman–Crippen LogP) is 3.14. The van der Waals surface area contributed by atoms with Crippen molar-refractivity contribution in [3.05, 3.63) is 36.0 Å². The smallest absolute Gasteiger partial charge is 0.220 e. The third kappa shape index (κ3) is 7.33. The number of aryl methyl sites for hydroxylation is 1. The minimum Gasteiger partial charge on any atom is -0.497 e. The Morgan fingerprint density at radius 3 is 2.64 bits per heavy atom. The molecule has 0 fully saturated rings. The Kier molecular flexibility index (Phi) is 9.32. The van der Waals surface area contributed by atoms with Crippen LogP contribution in [-0.4, -0.2) is 64.8 Å². The Morgan fingerprint density at radius 1 is 1.15 bits per heavy atom. The first-order valence-corrected chi connectivity index (χ1v) is 11.9. The number of nitrogens with one attached hydrogen (secondary N) is 2. The van der Waals surface area contributed by atoms with Gasteiger partial charge in [0.2, 0.25) is 5.91 Å². The highest BCUT2D eigenvalue weighted by Gasteiger charge is 2.14. The summed E-state index contributed by atoms with van der Waals surface area (Å²) in [6.07, 6.45) is 2.87. The summed E-state index contributed by atoms with van der Waals surface area (Å²) in [5.41, 5.74) is 1.85. The van der Waals surface area contributed by atoms with Gasteiger partial charge in [-0.25, -0.2) is 14.6 Å². The molecule has 0 aliphatic heterocycles. The summed E-state index contributed by atoms with van der Waals surface area (Å²) in [4.78, 5) is 21.7. The van der Waals surface area contributed by atoms with Crippen molar-refractivity contribution in [1.82, 2.24) is 25.1 Å². The van der Waals surface area contributed by atoms with Crippen LogP contribution in [0.1, 0.15) is 25.8 Å². The third-order valence-electron chi connectivity index (χ3n) is 4.86. The van der Waals surface area contributed by atoms with Crippen LogP contribution < -0.4 is 15.4 Å². The Labute approximate surface area is 198 Å². The molecule has 3 aromatic rings. The number of hydrogen-bond donors (Lipinski definition) is 2. The van der Waals surface area contributed by atoms with Crippen molar-refractivity contribution < 1.29 is 14.3 Å². The SMILES string of the molecule is COCCNc1nc(SC(C)C)nc2c1cnn2CCNC(=O)CCc1ccc(OC)cc1. The topological polar surface area (TPSA) is 103 Å². The third-order valence-corrected chi connectivity index (χ3v) is 5.73. The van der Waals surface area contributed by atoms with Crippen molar-refractivity contribution in [3.8, 4) is 5.75 Å². The second-order valence-corrected chi connectivity index (χ2v) is 9.29. The number of benzene rings is 1. The van der Waals surface area contributed by atoms with Gasteiger partial charge in [0, 0.05) is 31.9 Å². The standard InChI is InChI=1S/C23H32N6O3S/c1-16(2)33-23-27-21(25-12-14-31-3)19-15-26-29(22(19)28-23)13-11-24-20(30)10-7-17-5-8-18(32-4)9-6-17/h5-6,8-9,15-16H,7,10-14H2,1-4H3,(H,24,30)(H,25,27,28). The number of anilines is 1. The van der Waals surface area contributed by atoms with Crippen LogP contribution in [0.15, 0.2) is 35.6 Å². The second kappa shape index (κ2) is 12.4. The summed E-state index contributed by atoms with van der Waals surface area (Å²) in [5.74, 6) is 1.57. The number of carbonyl (C=O) groups excluding carboxylic acids is 1. The van der Waals surface area contributed by atoms with Gasteiger partial charge in [0.05, 0.1) is 31.8 Å². The van der Waals surface area contributed by atoms with E-state index in [-0.39, 0.29) is 5.91 Å². The molecule has 1 amide bonds. The van der Waals surface area contributed by atoms with Crippen LogP contribution in [0.2, 0.25) is 0 Å². The minimum atomic E-state index is 0.00915. The molecule has 0 aliphatic rings. The van der Waals surface area contributed by atoms with Crippen molar-refractivity contribution in [2.45, 2.75) is 43.6 Å². The highest BCUT2D eigenvalue weighted by atomic mass is 32.2. The number of rotatable bonds is 13. The highest BCUT2D eigenvalue weighted by molar-refractivity contribution is 7.99. The summed E-state index contributed by atoms with van der Waals surface area (Å²) >= 11 is 1.60. The van der Waals surface area contributed by atoms with Crippen molar-refractivity contribution in [2.24, 2.45) is 0 Å². The van der Waals surface area contributed by atoms with Crippen LogP contribution >= 0.6 is 11.8 Å². The molecule has 9 nitrogen and oxygen atoms in total. The van der Waals surface area contributed by atoms with Gasteiger partial charge in [-0.15, -0.1) is 0 Å². The van der Waals surface area contributed by atoms with Crippen molar-refractivity contribution in [3.63, 3.8) is 0 Å². The number of fused-ring (bicyclic) bond motifs is 1. The van der Waals surface area contributed by atoms with E-state index in [0.717, 1.165) is 28.2 Å². The number of methoxy groups -OCH3 is 2. The molecule has 1 aromatic carbocycles.